The average molecular weight is 396 g/mol. The molecule has 0 radical (unpaired) electrons. The zero-order valence-electron chi connectivity index (χ0n) is 17.8. The van der Waals surface area contributed by atoms with Gasteiger partial charge < -0.3 is 13.7 Å². The predicted molar refractivity (Wildman–Crippen MR) is 123 cm³/mol. The van der Waals surface area contributed by atoms with Crippen LogP contribution in [0.15, 0.2) is 83.3 Å². The smallest absolute Gasteiger partial charge is 0.456 e. The van der Waals surface area contributed by atoms with E-state index in [4.69, 9.17) is 13.7 Å². The van der Waals surface area contributed by atoms with Gasteiger partial charge >= 0.3 is 7.12 Å². The van der Waals surface area contributed by atoms with E-state index in [1.165, 1.54) is 0 Å². The van der Waals surface area contributed by atoms with E-state index in [9.17, 15) is 0 Å². The number of hydrogen-bond acceptors (Lipinski definition) is 3. The second-order valence-corrected chi connectivity index (χ2v) is 8.95. The molecule has 5 rings (SSSR count). The van der Waals surface area contributed by atoms with Crippen molar-refractivity contribution in [3.05, 3.63) is 78.9 Å². The summed E-state index contributed by atoms with van der Waals surface area (Å²) < 4.78 is 18.8. The number of rotatable bonds is 3. The third kappa shape index (κ3) is 3.26. The lowest BCUT2D eigenvalue weighted by Crippen LogP contribution is -2.41. The SMILES string of the molecule is CC1(C)OB(c2cc(-c3ccccc3)cc(-c3cc4ccccc4o3)c2)OC1(C)C. The highest BCUT2D eigenvalue weighted by atomic mass is 16.7. The summed E-state index contributed by atoms with van der Waals surface area (Å²) in [6, 6.07) is 27.0. The third-order valence-electron chi connectivity index (χ3n) is 6.30. The van der Waals surface area contributed by atoms with E-state index in [-0.39, 0.29) is 11.2 Å². The van der Waals surface area contributed by atoms with Crippen molar-refractivity contribution in [1.29, 1.82) is 0 Å². The summed E-state index contributed by atoms with van der Waals surface area (Å²) in [5.41, 5.74) is 4.36. The van der Waals surface area contributed by atoms with Crippen LogP contribution in [0.25, 0.3) is 33.4 Å². The molecule has 0 aliphatic carbocycles. The lowest BCUT2D eigenvalue weighted by atomic mass is 9.76. The molecule has 0 atom stereocenters. The Bertz CT molecular complexity index is 1160. The van der Waals surface area contributed by atoms with Gasteiger partial charge in [0.15, 0.2) is 0 Å². The van der Waals surface area contributed by atoms with E-state index < -0.39 is 7.12 Å². The molecule has 1 fully saturated rings. The van der Waals surface area contributed by atoms with Gasteiger partial charge in [0.2, 0.25) is 0 Å². The van der Waals surface area contributed by atoms with E-state index in [1.54, 1.807) is 0 Å². The quantitative estimate of drug-likeness (QED) is 0.394. The van der Waals surface area contributed by atoms with Crippen LogP contribution in [0.2, 0.25) is 0 Å². The molecular formula is C26H25BO3. The fourth-order valence-electron chi connectivity index (χ4n) is 3.83. The van der Waals surface area contributed by atoms with Crippen LogP contribution in [0.5, 0.6) is 0 Å². The molecule has 30 heavy (non-hydrogen) atoms. The second-order valence-electron chi connectivity index (χ2n) is 8.95. The Morgan fingerprint density at radius 3 is 1.97 bits per heavy atom. The predicted octanol–water partition coefficient (Wildman–Crippen LogP) is 6.07. The number of hydrogen-bond donors (Lipinski definition) is 0. The molecule has 1 aromatic heterocycles. The fraction of sp³-hybridized carbons (Fsp3) is 0.231. The Balaban J connectivity index is 1.65. The van der Waals surface area contributed by atoms with Crippen LogP contribution in [0, 0.1) is 0 Å². The maximum absolute atomic E-state index is 6.34. The van der Waals surface area contributed by atoms with Crippen LogP contribution in [0.4, 0.5) is 0 Å². The maximum atomic E-state index is 6.34. The molecule has 0 N–H and O–H groups in total. The molecule has 0 amide bonds. The van der Waals surface area contributed by atoms with Gasteiger partial charge in [-0.25, -0.2) is 0 Å². The topological polar surface area (TPSA) is 31.6 Å². The first-order chi connectivity index (χ1) is 14.3. The van der Waals surface area contributed by atoms with Gasteiger partial charge in [0.1, 0.15) is 11.3 Å². The number of benzene rings is 3. The molecule has 150 valence electrons. The average Bonchev–Trinajstić information content (AvgIpc) is 3.26. The summed E-state index contributed by atoms with van der Waals surface area (Å²) in [6.07, 6.45) is 0. The van der Waals surface area contributed by atoms with Gasteiger partial charge in [-0.3, -0.25) is 0 Å². The third-order valence-corrected chi connectivity index (χ3v) is 6.30. The summed E-state index contributed by atoms with van der Waals surface area (Å²) in [6.45, 7) is 8.31. The minimum atomic E-state index is -0.429. The number of furan rings is 1. The Morgan fingerprint density at radius 2 is 1.27 bits per heavy atom. The Hall–Kier alpha value is -2.82. The van der Waals surface area contributed by atoms with Crippen LogP contribution in [-0.2, 0) is 9.31 Å². The van der Waals surface area contributed by atoms with E-state index in [1.807, 2.05) is 24.3 Å². The van der Waals surface area contributed by atoms with Gasteiger partial charge in [0.05, 0.1) is 11.2 Å². The minimum Gasteiger partial charge on any atom is -0.456 e. The first-order valence-corrected chi connectivity index (χ1v) is 10.4. The Morgan fingerprint density at radius 1 is 0.633 bits per heavy atom. The highest BCUT2D eigenvalue weighted by Crippen LogP contribution is 2.37. The van der Waals surface area contributed by atoms with Crippen LogP contribution < -0.4 is 5.46 Å². The van der Waals surface area contributed by atoms with E-state index in [2.05, 4.69) is 82.3 Å². The largest absolute Gasteiger partial charge is 0.494 e. The number of fused-ring (bicyclic) bond motifs is 1. The standard InChI is InChI=1S/C26H25BO3/c1-25(2)26(3,4)30-27(29-25)22-15-20(18-10-6-5-7-11-18)14-21(16-22)24-17-19-12-8-9-13-23(19)28-24/h5-17H,1-4H3. The van der Waals surface area contributed by atoms with Crippen molar-refractivity contribution in [2.45, 2.75) is 38.9 Å². The van der Waals surface area contributed by atoms with Crippen molar-refractivity contribution in [1.82, 2.24) is 0 Å². The van der Waals surface area contributed by atoms with Gasteiger partial charge in [-0.1, -0.05) is 60.7 Å². The van der Waals surface area contributed by atoms with Crippen molar-refractivity contribution < 1.29 is 13.7 Å². The van der Waals surface area contributed by atoms with E-state index in [0.29, 0.717) is 0 Å². The minimum absolute atomic E-state index is 0.389. The van der Waals surface area contributed by atoms with Gasteiger partial charge in [-0.05, 0) is 62.5 Å². The molecule has 4 heteroatoms. The van der Waals surface area contributed by atoms with Gasteiger partial charge in [0.25, 0.3) is 0 Å². The van der Waals surface area contributed by atoms with E-state index >= 15 is 0 Å². The van der Waals surface area contributed by atoms with E-state index in [0.717, 1.165) is 38.9 Å². The van der Waals surface area contributed by atoms with Gasteiger partial charge in [-0.15, -0.1) is 0 Å². The molecule has 2 heterocycles. The van der Waals surface area contributed by atoms with Crippen LogP contribution >= 0.6 is 0 Å². The number of para-hydroxylation sites is 1. The van der Waals surface area contributed by atoms with Gasteiger partial charge in [-0.2, -0.15) is 0 Å². The molecule has 3 nitrogen and oxygen atoms in total. The van der Waals surface area contributed by atoms with Crippen molar-refractivity contribution in [3.8, 4) is 22.5 Å². The lowest BCUT2D eigenvalue weighted by Gasteiger charge is -2.32. The second kappa shape index (κ2) is 6.87. The summed E-state index contributed by atoms with van der Waals surface area (Å²) in [5.74, 6) is 0.840. The van der Waals surface area contributed by atoms with Crippen LogP contribution in [-0.4, -0.2) is 18.3 Å². The summed E-state index contributed by atoms with van der Waals surface area (Å²) >= 11 is 0. The molecular weight excluding hydrogens is 371 g/mol. The molecule has 1 aliphatic rings. The Kier molecular flexibility index (Phi) is 4.39. The molecule has 0 spiro atoms. The van der Waals surface area contributed by atoms with Crippen LogP contribution in [0.1, 0.15) is 27.7 Å². The van der Waals surface area contributed by atoms with Crippen LogP contribution in [0.3, 0.4) is 0 Å². The molecule has 1 saturated heterocycles. The molecule has 0 unspecified atom stereocenters. The van der Waals surface area contributed by atoms with Gasteiger partial charge in [0, 0.05) is 10.9 Å². The zero-order valence-corrected chi connectivity index (χ0v) is 17.8. The van der Waals surface area contributed by atoms with Crippen molar-refractivity contribution in [3.63, 3.8) is 0 Å². The molecule has 0 saturated carbocycles. The Labute approximate surface area is 177 Å². The maximum Gasteiger partial charge on any atom is 0.494 e. The fourth-order valence-corrected chi connectivity index (χ4v) is 3.83. The highest BCUT2D eigenvalue weighted by molar-refractivity contribution is 6.62. The first kappa shape index (κ1) is 19.2. The summed E-state index contributed by atoms with van der Waals surface area (Å²) in [4.78, 5) is 0. The molecule has 3 aromatic carbocycles. The van der Waals surface area contributed by atoms with Crippen molar-refractivity contribution in [2.75, 3.05) is 0 Å². The summed E-state index contributed by atoms with van der Waals surface area (Å²) in [5, 5.41) is 1.09. The first-order valence-electron chi connectivity index (χ1n) is 10.4. The monoisotopic (exact) mass is 396 g/mol. The lowest BCUT2D eigenvalue weighted by molar-refractivity contribution is 0.00578. The summed E-state index contributed by atoms with van der Waals surface area (Å²) in [7, 11) is -0.429. The molecule has 4 aromatic rings. The molecule has 0 bridgehead atoms. The normalized spacial score (nSPS) is 17.5. The van der Waals surface area contributed by atoms with Crippen molar-refractivity contribution in [2.24, 2.45) is 0 Å². The molecule has 1 aliphatic heterocycles. The van der Waals surface area contributed by atoms with Crippen molar-refractivity contribution >= 4 is 23.6 Å². The highest BCUT2D eigenvalue weighted by Gasteiger charge is 2.51. The zero-order chi connectivity index (χ0) is 20.9.